The van der Waals surface area contributed by atoms with E-state index < -0.39 is 47.9 Å². The molecule has 0 aliphatic heterocycles. The summed E-state index contributed by atoms with van der Waals surface area (Å²) < 4.78 is 0. The van der Waals surface area contributed by atoms with E-state index in [9.17, 15) is 24.3 Å². The maximum Gasteiger partial charge on any atom is 0.326 e. The number of aromatic amines is 1. The van der Waals surface area contributed by atoms with Crippen LogP contribution in [0.1, 0.15) is 58.1 Å². The van der Waals surface area contributed by atoms with E-state index in [0.29, 0.717) is 37.9 Å². The topological polar surface area (TPSA) is 270 Å². The lowest BCUT2D eigenvalue weighted by Gasteiger charge is -2.28. The minimum atomic E-state index is -1.18. The number of carboxylic acids is 1. The molecule has 0 saturated heterocycles. The standard InChI is InChI=1S/C24H44N10O5/c1-3-14(2)19(22(37)33-18(23(38)39)7-4-5-9-25)34-21(36)17(8-6-10-30-24(27)28)32-20(35)16(26)11-15-12-29-13-31-15/h12-14,16-19H,3-11,25-26H2,1-2H3,(H,29,31)(H,32,35)(H,33,37)(H,34,36)(H,38,39)(H4,27,28,30). The molecular weight excluding hydrogens is 508 g/mol. The van der Waals surface area contributed by atoms with Crippen LogP contribution in [0.5, 0.6) is 0 Å². The minimum Gasteiger partial charge on any atom is -0.480 e. The van der Waals surface area contributed by atoms with Crippen molar-refractivity contribution in [1.82, 2.24) is 25.9 Å². The third-order valence-electron chi connectivity index (χ3n) is 6.26. The van der Waals surface area contributed by atoms with Crippen molar-refractivity contribution in [3.05, 3.63) is 18.2 Å². The predicted molar refractivity (Wildman–Crippen MR) is 146 cm³/mol. The van der Waals surface area contributed by atoms with Crippen LogP contribution in [0.2, 0.25) is 0 Å². The van der Waals surface area contributed by atoms with Gasteiger partial charge in [0.1, 0.15) is 18.1 Å². The fourth-order valence-electron chi connectivity index (χ4n) is 3.74. The molecule has 5 unspecified atom stereocenters. The molecule has 0 aliphatic rings. The summed E-state index contributed by atoms with van der Waals surface area (Å²) in [6.07, 6.45) is 5.58. The van der Waals surface area contributed by atoms with Gasteiger partial charge in [-0.1, -0.05) is 20.3 Å². The average Bonchev–Trinajstić information content (AvgIpc) is 3.40. The number of aromatic nitrogens is 2. The summed E-state index contributed by atoms with van der Waals surface area (Å²) in [6, 6.07) is -4.16. The van der Waals surface area contributed by atoms with Gasteiger partial charge in [-0.15, -0.1) is 0 Å². The number of aliphatic imine (C=N–C) groups is 1. The van der Waals surface area contributed by atoms with Gasteiger partial charge in [0.05, 0.1) is 12.4 Å². The van der Waals surface area contributed by atoms with Crippen molar-refractivity contribution in [2.45, 2.75) is 83.0 Å². The molecular formula is C24H44N10O5. The number of hydrogen-bond donors (Lipinski definition) is 9. The first kappa shape index (κ1) is 33.3. The highest BCUT2D eigenvalue weighted by Gasteiger charge is 2.32. The summed E-state index contributed by atoms with van der Waals surface area (Å²) >= 11 is 0. The second-order valence-electron chi connectivity index (χ2n) is 9.45. The second-order valence-corrected chi connectivity index (χ2v) is 9.45. The number of carbonyl (C=O) groups excluding carboxylic acids is 3. The van der Waals surface area contributed by atoms with E-state index in [4.69, 9.17) is 22.9 Å². The summed E-state index contributed by atoms with van der Waals surface area (Å²) in [5, 5.41) is 17.4. The molecule has 1 aromatic rings. The maximum absolute atomic E-state index is 13.3. The fourth-order valence-corrected chi connectivity index (χ4v) is 3.74. The summed E-state index contributed by atoms with van der Waals surface area (Å²) in [5.41, 5.74) is 22.9. The highest BCUT2D eigenvalue weighted by molar-refractivity contribution is 5.94. The van der Waals surface area contributed by atoms with Gasteiger partial charge in [-0.05, 0) is 44.6 Å². The maximum atomic E-state index is 13.3. The lowest BCUT2D eigenvalue weighted by atomic mass is 9.96. The molecule has 1 heterocycles. The number of unbranched alkanes of at least 4 members (excludes halogenated alkanes) is 1. The van der Waals surface area contributed by atoms with Crippen LogP contribution >= 0.6 is 0 Å². The zero-order valence-corrected chi connectivity index (χ0v) is 22.7. The molecule has 15 nitrogen and oxygen atoms in total. The molecule has 3 amide bonds. The van der Waals surface area contributed by atoms with E-state index in [-0.39, 0.29) is 37.7 Å². The number of guanidine groups is 1. The van der Waals surface area contributed by atoms with E-state index in [2.05, 4.69) is 30.9 Å². The Bertz CT molecular complexity index is 936. The Labute approximate surface area is 228 Å². The predicted octanol–water partition coefficient (Wildman–Crippen LogP) is -1.95. The first-order valence-corrected chi connectivity index (χ1v) is 13.1. The van der Waals surface area contributed by atoms with Gasteiger partial charge in [-0.25, -0.2) is 9.78 Å². The molecule has 13 N–H and O–H groups in total. The monoisotopic (exact) mass is 552 g/mol. The quantitative estimate of drug-likeness (QED) is 0.0519. The number of carbonyl (C=O) groups is 4. The van der Waals surface area contributed by atoms with Crippen molar-refractivity contribution in [2.24, 2.45) is 33.8 Å². The molecule has 15 heteroatoms. The van der Waals surface area contributed by atoms with Crippen LogP contribution in [-0.2, 0) is 25.6 Å². The van der Waals surface area contributed by atoms with Crippen LogP contribution in [0.4, 0.5) is 0 Å². The molecule has 5 atom stereocenters. The van der Waals surface area contributed by atoms with E-state index >= 15 is 0 Å². The molecule has 1 rings (SSSR count). The van der Waals surface area contributed by atoms with Crippen LogP contribution in [-0.4, -0.2) is 82.0 Å². The van der Waals surface area contributed by atoms with Gasteiger partial charge in [-0.3, -0.25) is 19.4 Å². The molecule has 0 spiro atoms. The molecule has 0 aromatic carbocycles. The van der Waals surface area contributed by atoms with Gasteiger partial charge in [-0.2, -0.15) is 0 Å². The Morgan fingerprint density at radius 2 is 1.69 bits per heavy atom. The number of imidazole rings is 1. The van der Waals surface area contributed by atoms with E-state index in [1.54, 1.807) is 13.1 Å². The van der Waals surface area contributed by atoms with Crippen LogP contribution in [0, 0.1) is 5.92 Å². The van der Waals surface area contributed by atoms with E-state index in [0.717, 1.165) is 0 Å². The molecule has 0 fully saturated rings. The zero-order chi connectivity index (χ0) is 29.4. The highest BCUT2D eigenvalue weighted by atomic mass is 16.4. The van der Waals surface area contributed by atoms with E-state index in [1.165, 1.54) is 6.33 Å². The smallest absolute Gasteiger partial charge is 0.326 e. The highest BCUT2D eigenvalue weighted by Crippen LogP contribution is 2.11. The fraction of sp³-hybridized carbons (Fsp3) is 0.667. The number of rotatable bonds is 19. The lowest BCUT2D eigenvalue weighted by Crippen LogP contribution is -2.58. The number of aliphatic carboxylic acids is 1. The largest absolute Gasteiger partial charge is 0.480 e. The van der Waals surface area contributed by atoms with Gasteiger partial charge < -0.3 is 49.0 Å². The number of nitrogens with one attached hydrogen (secondary N) is 4. The molecule has 220 valence electrons. The molecule has 1 aromatic heterocycles. The number of H-pyrrole nitrogens is 1. The summed E-state index contributed by atoms with van der Waals surface area (Å²) in [4.78, 5) is 61.6. The Morgan fingerprint density at radius 1 is 1.03 bits per heavy atom. The summed E-state index contributed by atoms with van der Waals surface area (Å²) in [7, 11) is 0. The first-order valence-electron chi connectivity index (χ1n) is 13.1. The number of nitrogens with zero attached hydrogens (tertiary/aromatic N) is 2. The van der Waals surface area contributed by atoms with Crippen molar-refractivity contribution in [2.75, 3.05) is 13.1 Å². The van der Waals surface area contributed by atoms with Crippen molar-refractivity contribution >= 4 is 29.7 Å². The molecule has 0 saturated carbocycles. The molecule has 0 aliphatic carbocycles. The Hall–Kier alpha value is -3.72. The first-order chi connectivity index (χ1) is 18.5. The Morgan fingerprint density at radius 3 is 2.26 bits per heavy atom. The van der Waals surface area contributed by atoms with Crippen LogP contribution in [0.25, 0.3) is 0 Å². The number of hydrogen-bond acceptors (Lipinski definition) is 8. The van der Waals surface area contributed by atoms with Gasteiger partial charge in [0.25, 0.3) is 0 Å². The van der Waals surface area contributed by atoms with Gasteiger partial charge >= 0.3 is 5.97 Å². The van der Waals surface area contributed by atoms with Crippen molar-refractivity contribution in [3.8, 4) is 0 Å². The van der Waals surface area contributed by atoms with Gasteiger partial charge in [0, 0.05) is 24.9 Å². The summed E-state index contributed by atoms with van der Waals surface area (Å²) in [6.45, 7) is 4.24. The SMILES string of the molecule is CCC(C)C(NC(=O)C(CCCN=C(N)N)NC(=O)C(N)Cc1cnc[nH]1)C(=O)NC(CCCCN)C(=O)O. The Kier molecular flexibility index (Phi) is 15.1. The normalized spacial score (nSPS) is 14.8. The van der Waals surface area contributed by atoms with Crippen LogP contribution in [0.15, 0.2) is 17.5 Å². The van der Waals surface area contributed by atoms with Crippen molar-refractivity contribution in [3.63, 3.8) is 0 Å². The lowest BCUT2D eigenvalue weighted by molar-refractivity contribution is -0.143. The number of carboxylic acid groups (broad SMARTS) is 1. The number of nitrogens with two attached hydrogens (primary N) is 4. The second kappa shape index (κ2) is 17.7. The van der Waals surface area contributed by atoms with E-state index in [1.807, 2.05) is 6.92 Å². The molecule has 39 heavy (non-hydrogen) atoms. The van der Waals surface area contributed by atoms with Crippen LogP contribution in [0.3, 0.4) is 0 Å². The minimum absolute atomic E-state index is 0.102. The van der Waals surface area contributed by atoms with Crippen LogP contribution < -0.4 is 38.9 Å². The third kappa shape index (κ3) is 12.6. The number of amides is 3. The summed E-state index contributed by atoms with van der Waals surface area (Å²) in [5.74, 6) is -3.41. The average molecular weight is 553 g/mol. The van der Waals surface area contributed by atoms with Gasteiger partial charge in [0.15, 0.2) is 5.96 Å². The van der Waals surface area contributed by atoms with Gasteiger partial charge in [0.2, 0.25) is 17.7 Å². The third-order valence-corrected chi connectivity index (χ3v) is 6.26. The van der Waals surface area contributed by atoms with Crippen molar-refractivity contribution in [1.29, 1.82) is 0 Å². The Balaban J connectivity index is 3.00. The zero-order valence-electron chi connectivity index (χ0n) is 22.7. The molecule has 0 bridgehead atoms. The molecule has 0 radical (unpaired) electrons. The van der Waals surface area contributed by atoms with Crippen molar-refractivity contribution < 1.29 is 24.3 Å².